The topological polar surface area (TPSA) is 30.9 Å². The molecular weight excluding hydrogens is 276 g/mol. The first-order valence-electron chi connectivity index (χ1n) is 5.91. The third-order valence-electron chi connectivity index (χ3n) is 3.45. The Morgan fingerprint density at radius 1 is 1.35 bits per heavy atom. The van der Waals surface area contributed by atoms with Crippen LogP contribution >= 0.6 is 15.9 Å². The normalized spacial score (nSPS) is 12.3. The second-order valence-corrected chi connectivity index (χ2v) is 6.15. The number of hydrogen-bond donors (Lipinski definition) is 1. The third kappa shape index (κ3) is 2.26. The summed E-state index contributed by atoms with van der Waals surface area (Å²) in [5, 5.41) is 1.33. The van der Waals surface area contributed by atoms with Crippen LogP contribution in [-0.2, 0) is 12.5 Å². The van der Waals surface area contributed by atoms with Gasteiger partial charge in [0.05, 0.1) is 0 Å². The predicted octanol–water partition coefficient (Wildman–Crippen LogP) is 3.57. The van der Waals surface area contributed by atoms with Gasteiger partial charge in [0.1, 0.15) is 0 Å². The molecule has 0 unspecified atom stereocenters. The highest BCUT2D eigenvalue weighted by atomic mass is 79.9. The molecule has 0 saturated heterocycles. The van der Waals surface area contributed by atoms with Crippen molar-refractivity contribution in [1.29, 1.82) is 0 Å². The SMILES string of the molecule is Cn1cc(C(C)(C)CCN)c2ccc(Br)cc21. The van der Waals surface area contributed by atoms with E-state index < -0.39 is 0 Å². The Bertz CT molecular complexity index is 540. The van der Waals surface area contributed by atoms with Crippen LogP contribution in [0, 0.1) is 0 Å². The number of nitrogens with two attached hydrogens (primary N) is 1. The summed E-state index contributed by atoms with van der Waals surface area (Å²) in [5.41, 5.74) is 8.49. The van der Waals surface area contributed by atoms with Crippen molar-refractivity contribution in [3.63, 3.8) is 0 Å². The van der Waals surface area contributed by atoms with E-state index in [1.165, 1.54) is 16.5 Å². The molecule has 2 N–H and O–H groups in total. The molecule has 1 aromatic carbocycles. The zero-order chi connectivity index (χ0) is 12.6. The number of nitrogens with zero attached hydrogens (tertiary/aromatic N) is 1. The van der Waals surface area contributed by atoms with Crippen molar-refractivity contribution in [2.24, 2.45) is 12.8 Å². The van der Waals surface area contributed by atoms with E-state index in [4.69, 9.17) is 5.73 Å². The fraction of sp³-hybridized carbons (Fsp3) is 0.429. The molecule has 2 rings (SSSR count). The molecule has 2 aromatic rings. The molecule has 17 heavy (non-hydrogen) atoms. The van der Waals surface area contributed by atoms with Gasteiger partial charge in [-0.3, -0.25) is 0 Å². The Kier molecular flexibility index (Phi) is 3.32. The minimum absolute atomic E-state index is 0.127. The van der Waals surface area contributed by atoms with Crippen LogP contribution in [0.15, 0.2) is 28.9 Å². The highest BCUT2D eigenvalue weighted by molar-refractivity contribution is 9.10. The third-order valence-corrected chi connectivity index (χ3v) is 3.94. The molecule has 0 aliphatic rings. The Morgan fingerprint density at radius 2 is 2.06 bits per heavy atom. The number of aromatic nitrogens is 1. The summed E-state index contributed by atoms with van der Waals surface area (Å²) in [6.45, 7) is 5.24. The molecule has 0 bridgehead atoms. The first-order valence-corrected chi connectivity index (χ1v) is 6.70. The zero-order valence-electron chi connectivity index (χ0n) is 10.6. The minimum atomic E-state index is 0.127. The van der Waals surface area contributed by atoms with Gasteiger partial charge in [-0.2, -0.15) is 0 Å². The molecular formula is C14H19BrN2. The maximum absolute atomic E-state index is 5.71. The van der Waals surface area contributed by atoms with Crippen LogP contribution in [0.25, 0.3) is 10.9 Å². The molecule has 92 valence electrons. The molecule has 0 fully saturated rings. The maximum atomic E-state index is 5.71. The van der Waals surface area contributed by atoms with Crippen LogP contribution in [0.2, 0.25) is 0 Å². The fourth-order valence-corrected chi connectivity index (χ4v) is 2.74. The van der Waals surface area contributed by atoms with E-state index in [1.807, 2.05) is 0 Å². The van der Waals surface area contributed by atoms with Gasteiger partial charge in [0.15, 0.2) is 0 Å². The zero-order valence-corrected chi connectivity index (χ0v) is 12.2. The lowest BCUT2D eigenvalue weighted by Gasteiger charge is -2.23. The van der Waals surface area contributed by atoms with Gasteiger partial charge < -0.3 is 10.3 Å². The van der Waals surface area contributed by atoms with Gasteiger partial charge in [0, 0.05) is 28.6 Å². The predicted molar refractivity (Wildman–Crippen MR) is 77.3 cm³/mol. The van der Waals surface area contributed by atoms with Crippen molar-refractivity contribution in [2.75, 3.05) is 6.54 Å². The van der Waals surface area contributed by atoms with Gasteiger partial charge in [0.25, 0.3) is 0 Å². The lowest BCUT2D eigenvalue weighted by Crippen LogP contribution is -2.21. The van der Waals surface area contributed by atoms with Gasteiger partial charge in [-0.05, 0) is 36.1 Å². The molecule has 1 heterocycles. The highest BCUT2D eigenvalue weighted by Gasteiger charge is 2.23. The van der Waals surface area contributed by atoms with Gasteiger partial charge in [0.2, 0.25) is 0 Å². The Morgan fingerprint density at radius 3 is 2.71 bits per heavy atom. The highest BCUT2D eigenvalue weighted by Crippen LogP contribution is 2.34. The number of halogens is 1. The molecule has 0 aliphatic carbocycles. The largest absolute Gasteiger partial charge is 0.350 e. The van der Waals surface area contributed by atoms with E-state index in [2.05, 4.69) is 65.8 Å². The molecule has 2 nitrogen and oxygen atoms in total. The minimum Gasteiger partial charge on any atom is -0.350 e. The van der Waals surface area contributed by atoms with Crippen LogP contribution < -0.4 is 5.73 Å². The number of hydrogen-bond acceptors (Lipinski definition) is 1. The molecule has 0 aliphatic heterocycles. The lowest BCUT2D eigenvalue weighted by atomic mass is 9.81. The summed E-state index contributed by atoms with van der Waals surface area (Å²) in [5.74, 6) is 0. The van der Waals surface area contributed by atoms with Crippen molar-refractivity contribution in [3.05, 3.63) is 34.4 Å². The van der Waals surface area contributed by atoms with Crippen molar-refractivity contribution in [3.8, 4) is 0 Å². The summed E-state index contributed by atoms with van der Waals surface area (Å²) in [4.78, 5) is 0. The van der Waals surface area contributed by atoms with Gasteiger partial charge in [-0.15, -0.1) is 0 Å². The summed E-state index contributed by atoms with van der Waals surface area (Å²) in [6, 6.07) is 6.45. The van der Waals surface area contributed by atoms with Gasteiger partial charge in [-0.25, -0.2) is 0 Å². The van der Waals surface area contributed by atoms with E-state index in [-0.39, 0.29) is 5.41 Å². The van der Waals surface area contributed by atoms with Crippen molar-refractivity contribution in [1.82, 2.24) is 4.57 Å². The van der Waals surface area contributed by atoms with Crippen LogP contribution in [0.1, 0.15) is 25.8 Å². The standard InChI is InChI=1S/C14H19BrN2/c1-14(2,6-7-16)12-9-17(3)13-8-10(15)4-5-11(12)13/h4-5,8-9H,6-7,16H2,1-3H3. The average molecular weight is 295 g/mol. The van der Waals surface area contributed by atoms with Gasteiger partial charge in [-0.1, -0.05) is 35.8 Å². The van der Waals surface area contributed by atoms with E-state index in [0.717, 1.165) is 17.4 Å². The number of benzene rings is 1. The van der Waals surface area contributed by atoms with Crippen LogP contribution in [0.5, 0.6) is 0 Å². The maximum Gasteiger partial charge on any atom is 0.0492 e. The second-order valence-electron chi connectivity index (χ2n) is 5.24. The number of aryl methyl sites for hydroxylation is 1. The quantitative estimate of drug-likeness (QED) is 0.922. The van der Waals surface area contributed by atoms with Crippen molar-refractivity contribution >= 4 is 26.8 Å². The first kappa shape index (κ1) is 12.7. The molecule has 3 heteroatoms. The van der Waals surface area contributed by atoms with E-state index in [1.54, 1.807) is 0 Å². The number of rotatable bonds is 3. The fourth-order valence-electron chi connectivity index (χ4n) is 2.39. The summed E-state index contributed by atoms with van der Waals surface area (Å²) >= 11 is 3.52. The molecule has 0 radical (unpaired) electrons. The van der Waals surface area contributed by atoms with Crippen molar-refractivity contribution in [2.45, 2.75) is 25.7 Å². The molecule has 0 spiro atoms. The second kappa shape index (κ2) is 4.46. The molecule has 0 saturated carbocycles. The Labute approximate surface area is 111 Å². The summed E-state index contributed by atoms with van der Waals surface area (Å²) in [6.07, 6.45) is 3.23. The average Bonchev–Trinajstić information content (AvgIpc) is 2.57. The Hall–Kier alpha value is -0.800. The first-order chi connectivity index (χ1) is 7.95. The van der Waals surface area contributed by atoms with E-state index in [9.17, 15) is 0 Å². The molecule has 1 aromatic heterocycles. The smallest absolute Gasteiger partial charge is 0.0492 e. The van der Waals surface area contributed by atoms with Crippen molar-refractivity contribution < 1.29 is 0 Å². The van der Waals surface area contributed by atoms with E-state index >= 15 is 0 Å². The monoisotopic (exact) mass is 294 g/mol. The number of fused-ring (bicyclic) bond motifs is 1. The Balaban J connectivity index is 2.63. The summed E-state index contributed by atoms with van der Waals surface area (Å²) < 4.78 is 3.31. The van der Waals surface area contributed by atoms with Crippen LogP contribution in [0.3, 0.4) is 0 Å². The van der Waals surface area contributed by atoms with Crippen LogP contribution in [0.4, 0.5) is 0 Å². The summed E-state index contributed by atoms with van der Waals surface area (Å²) in [7, 11) is 2.09. The van der Waals surface area contributed by atoms with E-state index in [0.29, 0.717) is 0 Å². The molecule has 0 atom stereocenters. The van der Waals surface area contributed by atoms with Crippen LogP contribution in [-0.4, -0.2) is 11.1 Å². The van der Waals surface area contributed by atoms with Gasteiger partial charge >= 0.3 is 0 Å². The molecule has 0 amide bonds. The lowest BCUT2D eigenvalue weighted by molar-refractivity contribution is 0.490.